The lowest BCUT2D eigenvalue weighted by Crippen LogP contribution is -2.54. The number of likely N-dealkylation sites (tertiary alicyclic amines) is 1. The number of amides is 3. The van der Waals surface area contributed by atoms with E-state index in [1.807, 2.05) is 24.3 Å². The normalized spacial score (nSPS) is 26.2. The minimum absolute atomic E-state index is 0.000995. The Balaban J connectivity index is 0.682. The van der Waals surface area contributed by atoms with Gasteiger partial charge in [-0.1, -0.05) is 6.07 Å². The van der Waals surface area contributed by atoms with E-state index < -0.39 is 30.0 Å². The van der Waals surface area contributed by atoms with Crippen LogP contribution in [-0.4, -0.2) is 138 Å². The average Bonchev–Trinajstić information content (AvgIpc) is 4.17. The zero-order valence-corrected chi connectivity index (χ0v) is 35.8. The predicted octanol–water partition coefficient (Wildman–Crippen LogP) is 3.49. The molecule has 338 valence electrons. The fourth-order valence-corrected chi connectivity index (χ4v) is 11.4. The van der Waals surface area contributed by atoms with E-state index in [4.69, 9.17) is 9.72 Å². The van der Waals surface area contributed by atoms with Crippen LogP contribution in [0.5, 0.6) is 0 Å². The maximum absolute atomic E-state index is 14.4. The molecule has 1 aliphatic carbocycles. The van der Waals surface area contributed by atoms with E-state index in [9.17, 15) is 28.0 Å². The van der Waals surface area contributed by atoms with Crippen LogP contribution in [0.4, 0.5) is 26.0 Å². The lowest BCUT2D eigenvalue weighted by atomic mass is 9.88. The Labute approximate surface area is 367 Å². The monoisotopic (exact) mass is 881 g/mol. The van der Waals surface area contributed by atoms with Crippen LogP contribution in [0.25, 0.3) is 16.7 Å². The molecule has 6 fully saturated rings. The molecule has 20 heteroatoms. The number of rotatable bonds is 9. The highest BCUT2D eigenvalue weighted by molar-refractivity contribution is 6.08. The van der Waals surface area contributed by atoms with Gasteiger partial charge < -0.3 is 24.8 Å². The second-order valence-electron chi connectivity index (χ2n) is 18.3. The van der Waals surface area contributed by atoms with Crippen LogP contribution in [0.1, 0.15) is 92.3 Å². The lowest BCUT2D eigenvalue weighted by molar-refractivity contribution is -0.135. The van der Waals surface area contributed by atoms with Gasteiger partial charge in [0.25, 0.3) is 12.3 Å². The Morgan fingerprint density at radius 1 is 0.906 bits per heavy atom. The SMILES string of the molecule is Cn1c(=O)n(C2CCC(=O)NC2=O)c2cccc(N3CCN(C4CCN([C@H]5CC[C@@H](n6cc(NC(=O)c7cnn8ccc(N9C[C@H]%10C[C@@H]9CO%10)nc78)c(C(F)F)n6)CC5)CC4)CC3)c21. The predicted molar refractivity (Wildman–Crippen MR) is 232 cm³/mol. The molecular weight excluding hydrogens is 829 g/mol. The van der Waals surface area contributed by atoms with Gasteiger partial charge in [-0.25, -0.2) is 23.1 Å². The van der Waals surface area contributed by atoms with Gasteiger partial charge in [-0.15, -0.1) is 0 Å². The van der Waals surface area contributed by atoms with Crippen molar-refractivity contribution in [1.29, 1.82) is 0 Å². The van der Waals surface area contributed by atoms with Crippen LogP contribution in [-0.2, 0) is 21.4 Å². The molecule has 1 unspecified atom stereocenters. The second kappa shape index (κ2) is 16.4. The number of anilines is 3. The zero-order chi connectivity index (χ0) is 43.8. The highest BCUT2D eigenvalue weighted by atomic mass is 19.3. The van der Waals surface area contributed by atoms with E-state index in [2.05, 4.69) is 40.4 Å². The summed E-state index contributed by atoms with van der Waals surface area (Å²) in [5.41, 5.74) is 2.33. The van der Waals surface area contributed by atoms with Crippen LogP contribution in [0.15, 0.2) is 47.7 Å². The number of hydrogen-bond acceptors (Lipinski definition) is 12. The largest absolute Gasteiger partial charge is 0.374 e. The smallest absolute Gasteiger partial charge is 0.329 e. The lowest BCUT2D eigenvalue weighted by Gasteiger charge is -2.46. The molecule has 64 heavy (non-hydrogen) atoms. The summed E-state index contributed by atoms with van der Waals surface area (Å²) < 4.78 is 40.8. The van der Waals surface area contributed by atoms with Crippen LogP contribution >= 0.6 is 0 Å². The van der Waals surface area contributed by atoms with Crippen molar-refractivity contribution < 1.29 is 27.9 Å². The van der Waals surface area contributed by atoms with E-state index in [0.29, 0.717) is 36.3 Å². The number of aryl methyl sites for hydroxylation is 1. The number of ether oxygens (including phenoxy) is 1. The second-order valence-corrected chi connectivity index (χ2v) is 18.3. The first-order valence-electron chi connectivity index (χ1n) is 22.8. The highest BCUT2D eigenvalue weighted by Gasteiger charge is 2.40. The van der Waals surface area contributed by atoms with E-state index in [-0.39, 0.29) is 47.5 Å². The summed E-state index contributed by atoms with van der Waals surface area (Å²) in [4.78, 5) is 66.1. The van der Waals surface area contributed by atoms with Crippen molar-refractivity contribution in [2.45, 2.75) is 101 Å². The van der Waals surface area contributed by atoms with E-state index >= 15 is 0 Å². The number of benzene rings is 1. The zero-order valence-electron chi connectivity index (χ0n) is 35.8. The average molecular weight is 882 g/mol. The number of nitrogens with zero attached hydrogens (tertiary/aromatic N) is 11. The number of para-hydroxylation sites is 1. The Morgan fingerprint density at radius 2 is 1.66 bits per heavy atom. The van der Waals surface area contributed by atoms with Crippen molar-refractivity contribution >= 4 is 51.6 Å². The van der Waals surface area contributed by atoms with Crippen LogP contribution in [0.3, 0.4) is 0 Å². The molecule has 1 saturated carbocycles. The molecule has 18 nitrogen and oxygen atoms in total. The molecule has 0 spiro atoms. The van der Waals surface area contributed by atoms with Crippen LogP contribution < -0.4 is 26.1 Å². The standard InChI is InChI=1S/C44H53F2N13O5/c1-52-39-33(3-2-4-34(39)59(44(52)63)35-9-10-37(60)50-43(35)62)55-19-17-54(18-20-55)27-11-14-53(15-12-27)26-5-7-28(8-6-26)58-24-32(38(51-58)40(45)46)48-42(61)31-22-47-57-16-13-36(49-41(31)57)56-23-30-21-29(56)25-64-30/h2-4,13,16,22,24,26-30,35,40H,5-12,14-15,17-21,23,25H2,1H3,(H,48,61)(H,50,60,62)/t26-,28+,29-,30-,35?/m1/s1. The van der Waals surface area contributed by atoms with Crippen LogP contribution in [0, 0.1) is 0 Å². The fraction of sp³-hybridized carbons (Fsp3) is 0.568. The molecule has 11 rings (SSSR count). The fourth-order valence-electron chi connectivity index (χ4n) is 11.4. The number of carbonyl (C=O) groups excluding carboxylic acids is 3. The number of piperazine rings is 1. The first-order valence-corrected chi connectivity index (χ1v) is 22.8. The summed E-state index contributed by atoms with van der Waals surface area (Å²) >= 11 is 0. The van der Waals surface area contributed by atoms with Gasteiger partial charge >= 0.3 is 5.69 Å². The highest BCUT2D eigenvalue weighted by Crippen LogP contribution is 2.37. The molecule has 5 saturated heterocycles. The maximum atomic E-state index is 14.4. The Bertz CT molecular complexity index is 2670. The van der Waals surface area contributed by atoms with Gasteiger partial charge in [-0.3, -0.25) is 38.4 Å². The number of aromatic nitrogens is 7. The van der Waals surface area contributed by atoms with Crippen molar-refractivity contribution in [3.63, 3.8) is 0 Å². The van der Waals surface area contributed by atoms with Gasteiger partial charge in [-0.05, 0) is 82.7 Å². The summed E-state index contributed by atoms with van der Waals surface area (Å²) in [5.74, 6) is -0.573. The van der Waals surface area contributed by atoms with Crippen LogP contribution in [0.2, 0.25) is 0 Å². The molecule has 6 aliphatic rings. The van der Waals surface area contributed by atoms with Gasteiger partial charge in [0, 0.05) is 70.7 Å². The maximum Gasteiger partial charge on any atom is 0.329 e. The number of imide groups is 1. The molecule has 4 aromatic heterocycles. The van der Waals surface area contributed by atoms with Crippen molar-refractivity contribution in [2.24, 2.45) is 7.05 Å². The minimum Gasteiger partial charge on any atom is -0.374 e. The van der Waals surface area contributed by atoms with Gasteiger partial charge in [0.05, 0.1) is 53.4 Å². The van der Waals surface area contributed by atoms with Crippen molar-refractivity contribution in [1.82, 2.24) is 48.6 Å². The summed E-state index contributed by atoms with van der Waals surface area (Å²) in [5, 5.41) is 13.7. The molecule has 0 radical (unpaired) electrons. The molecule has 5 aliphatic heterocycles. The van der Waals surface area contributed by atoms with E-state index in [0.717, 1.165) is 108 Å². The number of carbonyl (C=O) groups is 3. The van der Waals surface area contributed by atoms with Crippen molar-refractivity contribution in [3.05, 3.63) is 64.6 Å². The number of alkyl halides is 2. The number of halogens is 2. The quantitative estimate of drug-likeness (QED) is 0.207. The topological polar surface area (TPSA) is 172 Å². The first kappa shape index (κ1) is 41.0. The van der Waals surface area contributed by atoms with Gasteiger partial charge in [0.2, 0.25) is 11.8 Å². The summed E-state index contributed by atoms with van der Waals surface area (Å²) in [6.07, 6.45) is 9.17. The third-order valence-corrected chi connectivity index (χ3v) is 14.8. The minimum atomic E-state index is -2.86. The number of fused-ring (bicyclic) bond motifs is 4. The number of nitrogens with one attached hydrogen (secondary N) is 2. The number of imidazole rings is 1. The Kier molecular flexibility index (Phi) is 10.5. The Morgan fingerprint density at radius 3 is 2.38 bits per heavy atom. The molecule has 9 heterocycles. The van der Waals surface area contributed by atoms with E-state index in [1.165, 1.54) is 10.7 Å². The molecule has 5 aromatic rings. The van der Waals surface area contributed by atoms with E-state index in [1.54, 1.807) is 33.3 Å². The third kappa shape index (κ3) is 7.22. The Hall–Kier alpha value is -5.73. The molecule has 2 bridgehead atoms. The summed E-state index contributed by atoms with van der Waals surface area (Å²) in [6, 6.07) is 8.13. The molecular formula is C44H53F2N13O5. The van der Waals surface area contributed by atoms with Crippen molar-refractivity contribution in [2.75, 3.05) is 67.5 Å². The van der Waals surface area contributed by atoms with Gasteiger partial charge in [0.15, 0.2) is 11.3 Å². The number of hydrogen-bond donors (Lipinski definition) is 2. The summed E-state index contributed by atoms with van der Waals surface area (Å²) in [7, 11) is 1.75. The molecule has 3 amide bonds. The van der Waals surface area contributed by atoms with Gasteiger partial charge in [-0.2, -0.15) is 10.2 Å². The summed E-state index contributed by atoms with van der Waals surface area (Å²) in [6.45, 7) is 6.87. The van der Waals surface area contributed by atoms with Crippen molar-refractivity contribution in [3.8, 4) is 0 Å². The number of morpholine rings is 1. The molecule has 3 atom stereocenters. The molecule has 1 aromatic carbocycles. The molecule has 2 N–H and O–H groups in total. The van der Waals surface area contributed by atoms with Gasteiger partial charge in [0.1, 0.15) is 17.4 Å². The first-order chi connectivity index (χ1) is 31.1. The number of piperidine rings is 2. The third-order valence-electron chi connectivity index (χ3n) is 14.8.